The van der Waals surface area contributed by atoms with Gasteiger partial charge >= 0.3 is 0 Å². The largest absolute Gasteiger partial charge is 0.337 e. The molecule has 1 aromatic heterocycles. The normalized spacial score (nSPS) is 10.9. The zero-order valence-corrected chi connectivity index (χ0v) is 11.3. The van der Waals surface area contributed by atoms with Gasteiger partial charge in [0.15, 0.2) is 4.77 Å². The van der Waals surface area contributed by atoms with Crippen molar-refractivity contribution in [1.29, 1.82) is 0 Å². The molecule has 0 amide bonds. The first-order chi connectivity index (χ1) is 8.27. The molecule has 3 rings (SSSR count). The van der Waals surface area contributed by atoms with Crippen LogP contribution in [-0.4, -0.2) is 9.55 Å². The summed E-state index contributed by atoms with van der Waals surface area (Å²) >= 11 is 8.83. The van der Waals surface area contributed by atoms with Gasteiger partial charge in [-0.3, -0.25) is 4.57 Å². The van der Waals surface area contributed by atoms with Crippen LogP contribution in [0.5, 0.6) is 0 Å². The summed E-state index contributed by atoms with van der Waals surface area (Å²) in [6.07, 6.45) is 3.79. The zero-order chi connectivity index (χ0) is 11.8. The van der Waals surface area contributed by atoms with Crippen molar-refractivity contribution in [1.82, 2.24) is 9.55 Å². The van der Waals surface area contributed by atoms with Gasteiger partial charge in [0.25, 0.3) is 0 Å². The van der Waals surface area contributed by atoms with Crippen molar-refractivity contribution >= 4 is 38.9 Å². The van der Waals surface area contributed by atoms with Gasteiger partial charge in [0.1, 0.15) is 0 Å². The SMILES string of the molecule is S=c1[nH]ccn1-c1ccc(Br)c2ccccc12. The van der Waals surface area contributed by atoms with E-state index in [2.05, 4.69) is 39.1 Å². The first-order valence-electron chi connectivity index (χ1n) is 5.21. The summed E-state index contributed by atoms with van der Waals surface area (Å²) < 4.78 is 3.78. The van der Waals surface area contributed by atoms with Crippen molar-refractivity contribution in [3.05, 3.63) is 58.0 Å². The van der Waals surface area contributed by atoms with Crippen molar-refractivity contribution in [2.75, 3.05) is 0 Å². The van der Waals surface area contributed by atoms with Crippen LogP contribution in [0.1, 0.15) is 0 Å². The summed E-state index contributed by atoms with van der Waals surface area (Å²) in [5, 5.41) is 2.37. The highest BCUT2D eigenvalue weighted by atomic mass is 79.9. The number of halogens is 1. The van der Waals surface area contributed by atoms with E-state index in [0.717, 1.165) is 10.2 Å². The second-order valence-corrected chi connectivity index (χ2v) is 4.99. The summed E-state index contributed by atoms with van der Waals surface area (Å²) in [7, 11) is 0. The van der Waals surface area contributed by atoms with Crippen LogP contribution in [-0.2, 0) is 0 Å². The van der Waals surface area contributed by atoms with Crippen LogP contribution in [0.15, 0.2) is 53.3 Å². The molecule has 2 nitrogen and oxygen atoms in total. The lowest BCUT2D eigenvalue weighted by atomic mass is 10.1. The molecule has 4 heteroatoms. The number of aromatic nitrogens is 2. The predicted molar refractivity (Wildman–Crippen MR) is 76.2 cm³/mol. The molecular formula is C13H9BrN2S. The Balaban J connectivity index is 2.43. The van der Waals surface area contributed by atoms with Crippen LogP contribution in [0, 0.1) is 4.77 Å². The Morgan fingerprint density at radius 2 is 1.82 bits per heavy atom. The summed E-state index contributed by atoms with van der Waals surface area (Å²) in [6.45, 7) is 0. The molecule has 0 spiro atoms. The Morgan fingerprint density at radius 3 is 2.53 bits per heavy atom. The van der Waals surface area contributed by atoms with E-state index in [9.17, 15) is 0 Å². The number of fused-ring (bicyclic) bond motifs is 1. The minimum Gasteiger partial charge on any atom is -0.337 e. The number of imidazole rings is 1. The molecule has 84 valence electrons. The van der Waals surface area contributed by atoms with Gasteiger partial charge < -0.3 is 4.98 Å². The third-order valence-electron chi connectivity index (χ3n) is 2.76. The van der Waals surface area contributed by atoms with E-state index < -0.39 is 0 Å². The van der Waals surface area contributed by atoms with Crippen molar-refractivity contribution in [2.24, 2.45) is 0 Å². The Bertz CT molecular complexity index is 742. The lowest BCUT2D eigenvalue weighted by Gasteiger charge is -2.08. The van der Waals surface area contributed by atoms with Crippen molar-refractivity contribution in [3.63, 3.8) is 0 Å². The maximum absolute atomic E-state index is 5.26. The number of H-pyrrole nitrogens is 1. The number of aromatic amines is 1. The molecule has 1 heterocycles. The maximum atomic E-state index is 5.26. The minimum absolute atomic E-state index is 0.706. The van der Waals surface area contributed by atoms with Crippen LogP contribution < -0.4 is 0 Å². The van der Waals surface area contributed by atoms with E-state index in [1.54, 1.807) is 0 Å². The Kier molecular flexibility index (Phi) is 2.61. The standard InChI is InChI=1S/C13H9BrN2S/c14-11-5-6-12(16-8-7-15-13(16)17)10-4-2-1-3-9(10)11/h1-8H,(H,15,17). The smallest absolute Gasteiger partial charge is 0.181 e. The monoisotopic (exact) mass is 304 g/mol. The minimum atomic E-state index is 0.706. The van der Waals surface area contributed by atoms with E-state index in [1.807, 2.05) is 35.2 Å². The van der Waals surface area contributed by atoms with E-state index in [1.165, 1.54) is 10.8 Å². The Labute approximate surface area is 112 Å². The zero-order valence-electron chi connectivity index (χ0n) is 8.85. The summed E-state index contributed by atoms with van der Waals surface area (Å²) in [4.78, 5) is 3.01. The molecule has 0 aliphatic rings. The summed E-state index contributed by atoms with van der Waals surface area (Å²) in [5.74, 6) is 0. The van der Waals surface area contributed by atoms with Crippen LogP contribution in [0.3, 0.4) is 0 Å². The van der Waals surface area contributed by atoms with Gasteiger partial charge in [-0.2, -0.15) is 0 Å². The van der Waals surface area contributed by atoms with Gasteiger partial charge in [-0.15, -0.1) is 0 Å². The Morgan fingerprint density at radius 1 is 1.06 bits per heavy atom. The van der Waals surface area contributed by atoms with Crippen LogP contribution in [0.2, 0.25) is 0 Å². The number of benzene rings is 2. The fourth-order valence-electron chi connectivity index (χ4n) is 1.97. The van der Waals surface area contributed by atoms with Crippen LogP contribution in [0.25, 0.3) is 16.5 Å². The van der Waals surface area contributed by atoms with E-state index in [0.29, 0.717) is 4.77 Å². The molecular weight excluding hydrogens is 296 g/mol. The molecule has 0 saturated heterocycles. The van der Waals surface area contributed by atoms with Gasteiger partial charge in [0.05, 0.1) is 5.69 Å². The third-order valence-corrected chi connectivity index (χ3v) is 3.76. The van der Waals surface area contributed by atoms with Gasteiger partial charge in [0.2, 0.25) is 0 Å². The molecule has 0 aliphatic carbocycles. The summed E-state index contributed by atoms with van der Waals surface area (Å²) in [6, 6.07) is 12.4. The number of nitrogens with one attached hydrogen (secondary N) is 1. The fraction of sp³-hybridized carbons (Fsp3) is 0. The second kappa shape index (κ2) is 4.13. The molecule has 1 N–H and O–H groups in total. The molecule has 0 saturated carbocycles. The molecule has 0 unspecified atom stereocenters. The van der Waals surface area contributed by atoms with Crippen molar-refractivity contribution in [2.45, 2.75) is 0 Å². The first kappa shape index (κ1) is 10.7. The fourth-order valence-corrected chi connectivity index (χ4v) is 2.67. The van der Waals surface area contributed by atoms with Gasteiger partial charge in [-0.1, -0.05) is 40.2 Å². The van der Waals surface area contributed by atoms with Gasteiger partial charge in [-0.05, 0) is 29.7 Å². The van der Waals surface area contributed by atoms with Crippen molar-refractivity contribution < 1.29 is 0 Å². The highest BCUT2D eigenvalue weighted by Gasteiger charge is 2.05. The lowest BCUT2D eigenvalue weighted by Crippen LogP contribution is -1.93. The van der Waals surface area contributed by atoms with E-state index >= 15 is 0 Å². The van der Waals surface area contributed by atoms with Crippen molar-refractivity contribution in [3.8, 4) is 5.69 Å². The molecule has 3 aromatic rings. The molecule has 0 radical (unpaired) electrons. The number of rotatable bonds is 1. The molecule has 0 bridgehead atoms. The van der Waals surface area contributed by atoms with E-state index in [-0.39, 0.29) is 0 Å². The highest BCUT2D eigenvalue weighted by Crippen LogP contribution is 2.28. The van der Waals surface area contributed by atoms with Crippen LogP contribution >= 0.6 is 28.1 Å². The molecule has 0 atom stereocenters. The third kappa shape index (κ3) is 1.73. The average molecular weight is 305 g/mol. The van der Waals surface area contributed by atoms with Gasteiger partial charge in [-0.25, -0.2) is 0 Å². The topological polar surface area (TPSA) is 20.7 Å². The van der Waals surface area contributed by atoms with E-state index in [4.69, 9.17) is 12.2 Å². The van der Waals surface area contributed by atoms with Crippen LogP contribution in [0.4, 0.5) is 0 Å². The highest BCUT2D eigenvalue weighted by molar-refractivity contribution is 9.10. The molecule has 17 heavy (non-hydrogen) atoms. The number of hydrogen-bond acceptors (Lipinski definition) is 1. The molecule has 0 aliphatic heterocycles. The molecule has 2 aromatic carbocycles. The number of nitrogens with zero attached hydrogens (tertiary/aromatic N) is 1. The molecule has 0 fully saturated rings. The quantitative estimate of drug-likeness (QED) is 0.659. The van der Waals surface area contributed by atoms with Gasteiger partial charge in [0, 0.05) is 22.3 Å². The summed E-state index contributed by atoms with van der Waals surface area (Å²) in [5.41, 5.74) is 1.09. The first-order valence-corrected chi connectivity index (χ1v) is 6.41. The maximum Gasteiger partial charge on any atom is 0.181 e. The predicted octanol–water partition coefficient (Wildman–Crippen LogP) is 4.45. The Hall–Kier alpha value is -1.39. The average Bonchev–Trinajstić information content (AvgIpc) is 2.77. The number of hydrogen-bond donors (Lipinski definition) is 1. The second-order valence-electron chi connectivity index (χ2n) is 3.75. The lowest BCUT2D eigenvalue weighted by molar-refractivity contribution is 1.04.